The number of ether oxygens (including phenoxy) is 4. The number of methoxy groups -OCH3 is 3. The minimum atomic E-state index is -0.593. The number of hydrogen-bond acceptors (Lipinski definition) is 6. The molecule has 0 heterocycles. The van der Waals surface area contributed by atoms with E-state index in [9.17, 15) is 9.59 Å². The molecule has 0 aliphatic heterocycles. The summed E-state index contributed by atoms with van der Waals surface area (Å²) in [4.78, 5) is 27.6. The minimum Gasteiger partial charge on any atom is -0.497 e. The number of para-hydroxylation sites is 2. The second-order valence-electron chi connectivity index (χ2n) is 8.05. The molecule has 38 heavy (non-hydrogen) atoms. The summed E-state index contributed by atoms with van der Waals surface area (Å²) in [5.74, 6) is 1.33. The highest BCUT2D eigenvalue weighted by Crippen LogP contribution is 2.32. The summed E-state index contributed by atoms with van der Waals surface area (Å²) in [6.45, 7) is 0. The number of rotatable bonds is 9. The minimum absolute atomic E-state index is 0.243. The van der Waals surface area contributed by atoms with Crippen LogP contribution < -0.4 is 23.8 Å². The molecular weight excluding hydrogens is 482 g/mol. The fourth-order valence-electron chi connectivity index (χ4n) is 3.79. The molecule has 0 fully saturated rings. The maximum atomic E-state index is 13.3. The molecule has 0 aliphatic rings. The van der Waals surface area contributed by atoms with E-state index in [1.54, 1.807) is 42.5 Å². The fourth-order valence-corrected chi connectivity index (χ4v) is 3.79. The van der Waals surface area contributed by atoms with Crippen LogP contribution in [0.1, 0.15) is 15.9 Å². The molecule has 4 rings (SSSR count). The van der Waals surface area contributed by atoms with Gasteiger partial charge in [-0.2, -0.15) is 0 Å². The van der Waals surface area contributed by atoms with Gasteiger partial charge in [-0.25, -0.2) is 9.69 Å². The van der Waals surface area contributed by atoms with Gasteiger partial charge in [-0.05, 0) is 66.2 Å². The number of benzene rings is 4. The van der Waals surface area contributed by atoms with E-state index in [4.69, 9.17) is 18.9 Å². The first kappa shape index (κ1) is 26.0. The van der Waals surface area contributed by atoms with Crippen LogP contribution in [0.25, 0.3) is 6.08 Å². The molecule has 1 amide bonds. The SMILES string of the molecule is COc1ccc(OC)c(C(=O)/C=C/c2ccc(OC(=O)N(c3ccccc3)c3ccccc3)c(OC)c2)c1. The van der Waals surface area contributed by atoms with Gasteiger partial charge in [-0.3, -0.25) is 4.79 Å². The molecule has 0 aliphatic carbocycles. The Labute approximate surface area is 221 Å². The molecule has 0 saturated carbocycles. The summed E-state index contributed by atoms with van der Waals surface area (Å²) < 4.78 is 21.8. The van der Waals surface area contributed by atoms with Crippen molar-refractivity contribution in [3.05, 3.63) is 114 Å². The third kappa shape index (κ3) is 6.02. The topological polar surface area (TPSA) is 74.3 Å². The number of ketones is 1. The summed E-state index contributed by atoms with van der Waals surface area (Å²) in [6, 6.07) is 28.5. The molecule has 0 saturated heterocycles. The number of carbonyl (C=O) groups excluding carboxylic acids is 2. The molecule has 0 atom stereocenters. The summed E-state index contributed by atoms with van der Waals surface area (Å²) in [7, 11) is 4.52. The van der Waals surface area contributed by atoms with Gasteiger partial charge in [0.25, 0.3) is 0 Å². The number of carbonyl (C=O) groups is 2. The molecule has 4 aromatic carbocycles. The smallest absolute Gasteiger partial charge is 0.424 e. The monoisotopic (exact) mass is 509 g/mol. The van der Waals surface area contributed by atoms with E-state index in [1.165, 1.54) is 32.3 Å². The molecule has 0 bridgehead atoms. The number of amides is 1. The Morgan fingerprint density at radius 1 is 0.658 bits per heavy atom. The Balaban J connectivity index is 1.56. The standard InChI is InChI=1S/C31H27NO6/c1-35-25-16-19-28(36-2)26(21-25)27(33)17-14-22-15-18-29(30(20-22)37-3)38-31(34)32(23-10-6-4-7-11-23)24-12-8-5-9-13-24/h4-21H,1-3H3/b17-14+. The molecule has 0 spiro atoms. The average molecular weight is 510 g/mol. The van der Waals surface area contributed by atoms with Crippen molar-refractivity contribution < 1.29 is 28.5 Å². The number of nitrogens with zero attached hydrogens (tertiary/aromatic N) is 1. The summed E-state index contributed by atoms with van der Waals surface area (Å²) >= 11 is 0. The summed E-state index contributed by atoms with van der Waals surface area (Å²) in [6.07, 6.45) is 2.49. The van der Waals surface area contributed by atoms with Gasteiger partial charge in [0, 0.05) is 0 Å². The quantitative estimate of drug-likeness (QED) is 0.180. The molecule has 0 radical (unpaired) electrons. The van der Waals surface area contributed by atoms with E-state index in [0.717, 1.165) is 0 Å². The maximum Gasteiger partial charge on any atom is 0.424 e. The molecule has 0 aromatic heterocycles. The first-order valence-electron chi connectivity index (χ1n) is 11.8. The average Bonchev–Trinajstić information content (AvgIpc) is 2.97. The predicted molar refractivity (Wildman–Crippen MR) is 147 cm³/mol. The summed E-state index contributed by atoms with van der Waals surface area (Å²) in [5, 5.41) is 0. The largest absolute Gasteiger partial charge is 0.497 e. The molecule has 0 N–H and O–H groups in total. The van der Waals surface area contributed by atoms with E-state index < -0.39 is 6.09 Å². The lowest BCUT2D eigenvalue weighted by Gasteiger charge is -2.22. The Hall–Kier alpha value is -5.04. The lowest BCUT2D eigenvalue weighted by Crippen LogP contribution is -2.29. The highest BCUT2D eigenvalue weighted by Gasteiger charge is 2.21. The Bertz CT molecular complexity index is 1390. The van der Waals surface area contributed by atoms with Crippen LogP contribution in [0.15, 0.2) is 103 Å². The van der Waals surface area contributed by atoms with E-state index in [-0.39, 0.29) is 11.5 Å². The zero-order valence-corrected chi connectivity index (χ0v) is 21.3. The lowest BCUT2D eigenvalue weighted by molar-refractivity contribution is 0.104. The molecule has 4 aromatic rings. The van der Waals surface area contributed by atoms with Crippen LogP contribution >= 0.6 is 0 Å². The van der Waals surface area contributed by atoms with Crippen molar-refractivity contribution >= 4 is 29.3 Å². The molecule has 7 heteroatoms. The lowest BCUT2D eigenvalue weighted by atomic mass is 10.1. The third-order valence-electron chi connectivity index (χ3n) is 5.70. The van der Waals surface area contributed by atoms with Gasteiger partial charge in [-0.15, -0.1) is 0 Å². The zero-order chi connectivity index (χ0) is 26.9. The third-order valence-corrected chi connectivity index (χ3v) is 5.70. The highest BCUT2D eigenvalue weighted by molar-refractivity contribution is 6.09. The Morgan fingerprint density at radius 2 is 1.26 bits per heavy atom. The molecular formula is C31H27NO6. The molecule has 192 valence electrons. The Morgan fingerprint density at radius 3 is 1.84 bits per heavy atom. The normalized spacial score (nSPS) is 10.6. The van der Waals surface area contributed by atoms with Crippen molar-refractivity contribution in [2.75, 3.05) is 26.2 Å². The number of anilines is 2. The van der Waals surface area contributed by atoms with Gasteiger partial charge in [-0.1, -0.05) is 48.5 Å². The van der Waals surface area contributed by atoms with Gasteiger partial charge < -0.3 is 18.9 Å². The van der Waals surface area contributed by atoms with E-state index in [0.29, 0.717) is 39.8 Å². The van der Waals surface area contributed by atoms with E-state index >= 15 is 0 Å². The molecule has 0 unspecified atom stereocenters. The number of hydrogen-bond donors (Lipinski definition) is 0. The zero-order valence-electron chi connectivity index (χ0n) is 21.3. The van der Waals surface area contributed by atoms with Crippen molar-refractivity contribution in [3.63, 3.8) is 0 Å². The first-order valence-corrected chi connectivity index (χ1v) is 11.8. The van der Waals surface area contributed by atoms with Crippen molar-refractivity contribution in [1.29, 1.82) is 0 Å². The predicted octanol–water partition coefficient (Wildman–Crippen LogP) is 6.95. The van der Waals surface area contributed by atoms with Gasteiger partial charge in [0.05, 0.1) is 38.3 Å². The fraction of sp³-hybridized carbons (Fsp3) is 0.0968. The van der Waals surface area contributed by atoms with Crippen LogP contribution in [0.2, 0.25) is 0 Å². The summed E-state index contributed by atoms with van der Waals surface area (Å²) in [5.41, 5.74) is 2.38. The van der Waals surface area contributed by atoms with Gasteiger partial charge in [0.1, 0.15) is 11.5 Å². The van der Waals surface area contributed by atoms with Crippen LogP contribution in [0.4, 0.5) is 16.2 Å². The first-order chi connectivity index (χ1) is 18.5. The maximum absolute atomic E-state index is 13.3. The van der Waals surface area contributed by atoms with Crippen molar-refractivity contribution in [2.24, 2.45) is 0 Å². The van der Waals surface area contributed by atoms with Gasteiger partial charge >= 0.3 is 6.09 Å². The van der Waals surface area contributed by atoms with E-state index in [2.05, 4.69) is 0 Å². The van der Waals surface area contributed by atoms with Crippen LogP contribution in [0.5, 0.6) is 23.0 Å². The van der Waals surface area contributed by atoms with Crippen LogP contribution in [0, 0.1) is 0 Å². The van der Waals surface area contributed by atoms with E-state index in [1.807, 2.05) is 60.7 Å². The van der Waals surface area contributed by atoms with Crippen LogP contribution in [-0.2, 0) is 0 Å². The highest BCUT2D eigenvalue weighted by atomic mass is 16.6. The van der Waals surface area contributed by atoms with Crippen molar-refractivity contribution in [1.82, 2.24) is 0 Å². The van der Waals surface area contributed by atoms with Crippen molar-refractivity contribution in [2.45, 2.75) is 0 Å². The second kappa shape index (κ2) is 12.3. The second-order valence-corrected chi connectivity index (χ2v) is 8.05. The molecule has 7 nitrogen and oxygen atoms in total. The number of allylic oxidation sites excluding steroid dienone is 1. The van der Waals surface area contributed by atoms with Crippen molar-refractivity contribution in [3.8, 4) is 23.0 Å². The van der Waals surface area contributed by atoms with Gasteiger partial charge in [0.15, 0.2) is 17.3 Å². The van der Waals surface area contributed by atoms with Crippen LogP contribution in [-0.4, -0.2) is 33.2 Å². The van der Waals surface area contributed by atoms with Crippen LogP contribution in [0.3, 0.4) is 0 Å². The Kier molecular flexibility index (Phi) is 8.41. The van der Waals surface area contributed by atoms with Gasteiger partial charge in [0.2, 0.25) is 0 Å².